The predicted molar refractivity (Wildman–Crippen MR) is 281 cm³/mol. The molecule has 4 aromatic carbocycles. The molecule has 0 aromatic heterocycles. The number of carbonyl (C=O) groups is 12. The summed E-state index contributed by atoms with van der Waals surface area (Å²) in [7, 11) is 0. The van der Waals surface area contributed by atoms with E-state index in [1.807, 2.05) is 0 Å². The summed E-state index contributed by atoms with van der Waals surface area (Å²) in [5.74, 6) is 2.32. The molecule has 0 atom stereocenters. The number of amides is 4. The number of hydrogen-bond acceptors (Lipinski definition) is 16. The van der Waals surface area contributed by atoms with Crippen molar-refractivity contribution in [3.05, 3.63) is 118 Å². The van der Waals surface area contributed by atoms with Gasteiger partial charge in [0.2, 0.25) is 0 Å². The minimum Gasteiger partial charge on any atom is -0.484 e. The van der Waals surface area contributed by atoms with Crippen molar-refractivity contribution in [3.63, 3.8) is 0 Å². The van der Waals surface area contributed by atoms with Crippen molar-refractivity contribution in [2.45, 2.75) is 0 Å². The van der Waals surface area contributed by atoms with Gasteiger partial charge in [-0.25, -0.2) is 0 Å². The van der Waals surface area contributed by atoms with Gasteiger partial charge in [-0.15, -0.1) is 6.42 Å². The number of carboxylic acid groups (broad SMARTS) is 8. The third kappa shape index (κ3) is 22.4. The summed E-state index contributed by atoms with van der Waals surface area (Å²) < 4.78 is 22.7. The van der Waals surface area contributed by atoms with Gasteiger partial charge in [-0.3, -0.25) is 57.5 Å². The second-order valence-electron chi connectivity index (χ2n) is 16.9. The fourth-order valence-electron chi connectivity index (χ4n) is 6.69. The van der Waals surface area contributed by atoms with Crippen LogP contribution in [0.2, 0.25) is 0 Å². The summed E-state index contributed by atoms with van der Waals surface area (Å²) in [5, 5.41) is 74.1. The van der Waals surface area contributed by atoms with Crippen LogP contribution in [0.1, 0.15) is 38.9 Å². The van der Waals surface area contributed by atoms with E-state index in [1.165, 1.54) is 54.6 Å². The molecule has 0 aliphatic rings. The topological polar surface area (TPSA) is 417 Å². The van der Waals surface area contributed by atoms with E-state index in [0.717, 1.165) is 0 Å². The first kappa shape index (κ1) is 64.5. The Morgan fingerprint density at radius 3 is 0.845 bits per heavy atom. The maximum absolute atomic E-state index is 13.2. The van der Waals surface area contributed by atoms with Crippen molar-refractivity contribution in [1.29, 1.82) is 0 Å². The molecule has 84 heavy (non-hydrogen) atoms. The Labute approximate surface area is 474 Å². The number of benzene rings is 4. The van der Waals surface area contributed by atoms with Crippen LogP contribution in [0.25, 0.3) is 0 Å². The fourth-order valence-corrected chi connectivity index (χ4v) is 6.69. The van der Waals surface area contributed by atoms with Crippen molar-refractivity contribution in [2.75, 3.05) is 78.8 Å². The molecule has 0 unspecified atom stereocenters. The van der Waals surface area contributed by atoms with E-state index in [2.05, 4.69) is 41.4 Å². The lowest BCUT2D eigenvalue weighted by molar-refractivity contribution is -0.150. The van der Waals surface area contributed by atoms with Crippen LogP contribution in [0.4, 0.5) is 0 Å². The number of aliphatic carboxylic acids is 8. The highest BCUT2D eigenvalue weighted by atomic mass is 16.5. The first-order valence-electron chi connectivity index (χ1n) is 23.7. The number of carboxylic acids is 8. The zero-order valence-electron chi connectivity index (χ0n) is 43.5. The summed E-state index contributed by atoms with van der Waals surface area (Å²) >= 11 is 0. The molecule has 0 heterocycles. The monoisotopic (exact) mass is 1160 g/mol. The summed E-state index contributed by atoms with van der Waals surface area (Å²) in [6, 6.07) is 18.3. The van der Waals surface area contributed by atoms with Crippen molar-refractivity contribution >= 4 is 71.4 Å². The first-order chi connectivity index (χ1) is 39.8. The number of hydrogen-bond donors (Lipinski definition) is 8. The molecule has 28 nitrogen and oxygen atoms in total. The fraction of sp³-hybridized carbons (Fsp3) is 0.214. The molecule has 0 spiro atoms. The van der Waals surface area contributed by atoms with E-state index >= 15 is 0 Å². The quantitative estimate of drug-likeness (QED) is 0.0328. The third-order valence-electron chi connectivity index (χ3n) is 10.4. The average Bonchev–Trinajstić information content (AvgIpc) is 3.64. The summed E-state index contributed by atoms with van der Waals surface area (Å²) in [4.78, 5) is 145. The Balaban J connectivity index is 1.80. The van der Waals surface area contributed by atoms with Crippen molar-refractivity contribution in [1.82, 2.24) is 19.6 Å². The molecule has 28 heteroatoms. The standard InChI is InChI=1S/C56H46N4O24/c1-2-34-3-5-35(6-4-34)12-15-39-20-44(84-33-48(64)60(28-55(77)78)29-56(79)80)40(21-43(39)83-32-47(63)59(26-53(73)74)27-54(75)76)16-13-37-9-7-36(8-10-37)11-14-38-19-41(81-30-45(61)57(22-49(65)66)23-50(67)68)17-18-42(38)82-31-46(62)58(24-51(69)70)25-52(71)72/h1,3-10,17-21H,22-33H2,(H,65,66)(H,67,68)(H,69,70)(H,71,72)(H,73,74)(H,75,76)(H,77,78)(H,79,80). The molecule has 4 amide bonds. The van der Waals surface area contributed by atoms with E-state index < -0.39 is 150 Å². The highest BCUT2D eigenvalue weighted by molar-refractivity contribution is 5.89. The van der Waals surface area contributed by atoms with Crippen LogP contribution in [0.3, 0.4) is 0 Å². The van der Waals surface area contributed by atoms with Gasteiger partial charge < -0.3 is 79.4 Å². The Kier molecular flexibility index (Phi) is 24.2. The SMILES string of the molecule is C#Cc1ccc(C#Cc2cc(OCC(=O)N(CC(=O)O)CC(=O)O)c(C#Cc3ccc(C#Cc4cc(OCC(=O)N(CC(=O)O)CC(=O)O)ccc4OCC(=O)N(CC(=O)O)CC(=O)O)cc3)cc2OCC(=O)N(CC(=O)O)CC(=O)O)cc1. The van der Waals surface area contributed by atoms with Gasteiger partial charge in [-0.2, -0.15) is 0 Å². The van der Waals surface area contributed by atoms with E-state index in [1.54, 1.807) is 24.3 Å². The number of terminal acetylenes is 1. The van der Waals surface area contributed by atoms with Crippen LogP contribution in [0.5, 0.6) is 23.0 Å². The van der Waals surface area contributed by atoms with Crippen LogP contribution in [0.15, 0.2) is 78.9 Å². The van der Waals surface area contributed by atoms with Crippen LogP contribution in [-0.4, -0.2) is 211 Å². The van der Waals surface area contributed by atoms with Gasteiger partial charge in [0.05, 0.1) is 16.7 Å². The van der Waals surface area contributed by atoms with Gasteiger partial charge in [0.25, 0.3) is 23.6 Å². The van der Waals surface area contributed by atoms with Crippen LogP contribution < -0.4 is 18.9 Å². The zero-order chi connectivity index (χ0) is 62.0. The first-order valence-corrected chi connectivity index (χ1v) is 23.7. The van der Waals surface area contributed by atoms with Gasteiger partial charge in [-0.1, -0.05) is 41.4 Å². The number of ether oxygens (including phenoxy) is 4. The molecule has 0 fully saturated rings. The molecule has 8 N–H and O–H groups in total. The normalized spacial score (nSPS) is 9.94. The summed E-state index contributed by atoms with van der Waals surface area (Å²) in [5.41, 5.74) is 1.27. The largest absolute Gasteiger partial charge is 0.484 e. The van der Waals surface area contributed by atoms with E-state index in [9.17, 15) is 88.2 Å². The number of nitrogens with zero attached hydrogens (tertiary/aromatic N) is 4. The van der Waals surface area contributed by atoms with Crippen LogP contribution >= 0.6 is 0 Å². The van der Waals surface area contributed by atoms with Crippen molar-refractivity contribution in [2.24, 2.45) is 0 Å². The Bertz CT molecular complexity index is 3420. The Hall–Kier alpha value is -12.0. The maximum atomic E-state index is 13.2. The van der Waals surface area contributed by atoms with E-state index in [4.69, 9.17) is 35.6 Å². The van der Waals surface area contributed by atoms with Gasteiger partial charge in [0.1, 0.15) is 75.4 Å². The minimum atomic E-state index is -1.54. The lowest BCUT2D eigenvalue weighted by atomic mass is 10.1. The van der Waals surface area contributed by atoms with Crippen LogP contribution in [-0.2, 0) is 57.5 Å². The molecule has 0 radical (unpaired) electrons. The Morgan fingerprint density at radius 1 is 0.321 bits per heavy atom. The highest BCUT2D eigenvalue weighted by Crippen LogP contribution is 2.30. The molecule has 434 valence electrons. The van der Waals surface area contributed by atoms with Crippen molar-refractivity contribution < 1.29 is 117 Å². The van der Waals surface area contributed by atoms with E-state index in [0.29, 0.717) is 30.7 Å². The van der Waals surface area contributed by atoms with Gasteiger partial charge >= 0.3 is 47.8 Å². The van der Waals surface area contributed by atoms with E-state index in [-0.39, 0.29) is 50.8 Å². The second kappa shape index (κ2) is 31.5. The lowest BCUT2D eigenvalue weighted by Gasteiger charge is -2.20. The molecule has 0 bridgehead atoms. The number of rotatable bonds is 28. The molecule has 0 aliphatic carbocycles. The predicted octanol–water partition coefficient (Wildman–Crippen LogP) is -0.626. The van der Waals surface area contributed by atoms with Crippen molar-refractivity contribution in [3.8, 4) is 70.9 Å². The molecule has 4 rings (SSSR count). The highest BCUT2D eigenvalue weighted by Gasteiger charge is 2.25. The molecule has 4 aromatic rings. The lowest BCUT2D eigenvalue weighted by Crippen LogP contribution is -2.42. The van der Waals surface area contributed by atoms with Gasteiger partial charge in [-0.05, 0) is 66.7 Å². The molecular formula is C56H46N4O24. The molecule has 0 saturated heterocycles. The molecule has 0 saturated carbocycles. The minimum absolute atomic E-state index is 0.0428. The summed E-state index contributed by atoms with van der Waals surface area (Å²) in [6.45, 7) is -11.6. The third-order valence-corrected chi connectivity index (χ3v) is 10.4. The van der Waals surface area contributed by atoms with Gasteiger partial charge in [0, 0.05) is 34.4 Å². The molecule has 0 aliphatic heterocycles. The van der Waals surface area contributed by atoms with Gasteiger partial charge in [0.15, 0.2) is 26.4 Å². The molecular weight excluding hydrogens is 1110 g/mol. The Morgan fingerprint density at radius 2 is 0.571 bits per heavy atom. The average molecular weight is 1160 g/mol. The summed E-state index contributed by atoms with van der Waals surface area (Å²) in [6.07, 6.45) is 5.47. The number of carbonyl (C=O) groups excluding carboxylic acids is 4. The zero-order valence-corrected chi connectivity index (χ0v) is 43.5. The van der Waals surface area contributed by atoms with Crippen LogP contribution in [0, 0.1) is 47.9 Å². The smallest absolute Gasteiger partial charge is 0.323 e. The second-order valence-corrected chi connectivity index (χ2v) is 16.9. The maximum Gasteiger partial charge on any atom is 0.323 e.